The zero-order chi connectivity index (χ0) is 22.0. The van der Waals surface area contributed by atoms with Gasteiger partial charge in [-0.2, -0.15) is 4.31 Å². The minimum absolute atomic E-state index is 0.114. The predicted octanol–water partition coefficient (Wildman–Crippen LogP) is 4.01. The number of rotatable bonds is 4. The smallest absolute Gasteiger partial charge is 0.243 e. The lowest BCUT2D eigenvalue weighted by atomic mass is 9.96. The van der Waals surface area contributed by atoms with E-state index in [1.54, 1.807) is 31.4 Å². The Morgan fingerprint density at radius 3 is 2.35 bits per heavy atom. The second-order valence-corrected chi connectivity index (χ2v) is 11.4. The van der Waals surface area contributed by atoms with Gasteiger partial charge >= 0.3 is 0 Å². The topological polar surface area (TPSA) is 66.9 Å². The molecule has 1 saturated heterocycles. The van der Waals surface area contributed by atoms with Crippen molar-refractivity contribution in [3.05, 3.63) is 48.5 Å². The third-order valence-corrected chi connectivity index (χ3v) is 9.16. The van der Waals surface area contributed by atoms with Gasteiger partial charge < -0.3 is 9.64 Å². The molecule has 0 N–H and O–H groups in total. The molecule has 8 heteroatoms. The van der Waals surface area contributed by atoms with Gasteiger partial charge in [0.1, 0.15) is 5.75 Å². The fourth-order valence-corrected chi connectivity index (χ4v) is 6.76. The third kappa shape index (κ3) is 4.61. The van der Waals surface area contributed by atoms with Crippen LogP contribution in [0.15, 0.2) is 58.3 Å². The van der Waals surface area contributed by atoms with Crippen LogP contribution in [0.25, 0.3) is 0 Å². The molecule has 0 aliphatic carbocycles. The van der Waals surface area contributed by atoms with Gasteiger partial charge in [-0.1, -0.05) is 19.1 Å². The minimum Gasteiger partial charge on any atom is -0.497 e. The molecule has 4 rings (SSSR count). The Kier molecular flexibility index (Phi) is 6.60. The van der Waals surface area contributed by atoms with Crippen molar-refractivity contribution in [1.82, 2.24) is 4.31 Å². The predicted molar refractivity (Wildman–Crippen MR) is 123 cm³/mol. The van der Waals surface area contributed by atoms with E-state index < -0.39 is 10.0 Å². The summed E-state index contributed by atoms with van der Waals surface area (Å²) >= 11 is 1.81. The first-order valence-corrected chi connectivity index (χ1v) is 12.9. The monoisotopic (exact) mass is 460 g/mol. The number of carbonyl (C=O) groups excluding carboxylic acids is 1. The fourth-order valence-electron chi connectivity index (χ4n) is 4.18. The molecule has 2 aliphatic rings. The molecule has 0 radical (unpaired) electrons. The number of thioether (sulfide) groups is 1. The molecule has 1 atom stereocenters. The van der Waals surface area contributed by atoms with Crippen LogP contribution in [0.2, 0.25) is 0 Å². The summed E-state index contributed by atoms with van der Waals surface area (Å²) in [5, 5.41) is 0.454. The van der Waals surface area contributed by atoms with E-state index in [9.17, 15) is 13.2 Å². The van der Waals surface area contributed by atoms with Gasteiger partial charge in [0.15, 0.2) is 0 Å². The van der Waals surface area contributed by atoms with E-state index in [4.69, 9.17) is 4.74 Å². The summed E-state index contributed by atoms with van der Waals surface area (Å²) in [5.41, 5.74) is 0.982. The molecule has 0 saturated carbocycles. The van der Waals surface area contributed by atoms with Crippen molar-refractivity contribution >= 4 is 33.4 Å². The zero-order valence-corrected chi connectivity index (χ0v) is 19.5. The van der Waals surface area contributed by atoms with Gasteiger partial charge in [-0.15, -0.1) is 11.8 Å². The van der Waals surface area contributed by atoms with Crippen molar-refractivity contribution in [3.8, 4) is 5.75 Å². The van der Waals surface area contributed by atoms with E-state index in [1.807, 2.05) is 34.9 Å². The van der Waals surface area contributed by atoms with Crippen LogP contribution < -0.4 is 9.64 Å². The summed E-state index contributed by atoms with van der Waals surface area (Å²) in [7, 11) is -2.02. The van der Waals surface area contributed by atoms with E-state index >= 15 is 0 Å². The summed E-state index contributed by atoms with van der Waals surface area (Å²) in [4.78, 5) is 16.7. The van der Waals surface area contributed by atoms with Gasteiger partial charge in [-0.25, -0.2) is 8.42 Å². The number of amides is 1. The molecule has 2 aromatic carbocycles. The van der Waals surface area contributed by atoms with Crippen LogP contribution in [0.5, 0.6) is 5.75 Å². The number of sulfonamides is 1. The maximum atomic E-state index is 13.4. The zero-order valence-electron chi connectivity index (χ0n) is 17.9. The molecule has 2 heterocycles. The quantitative estimate of drug-likeness (QED) is 0.690. The summed E-state index contributed by atoms with van der Waals surface area (Å²) in [6.07, 6.45) is 2.01. The number of fused-ring (bicyclic) bond motifs is 1. The molecule has 2 aliphatic heterocycles. The molecule has 0 unspecified atom stereocenters. The Morgan fingerprint density at radius 2 is 1.68 bits per heavy atom. The number of anilines is 1. The number of piperidine rings is 1. The highest BCUT2D eigenvalue weighted by Crippen LogP contribution is 2.38. The molecule has 1 fully saturated rings. The minimum atomic E-state index is -3.57. The van der Waals surface area contributed by atoms with Crippen molar-refractivity contribution in [2.24, 2.45) is 5.92 Å². The van der Waals surface area contributed by atoms with E-state index in [0.717, 1.165) is 17.0 Å². The number of ether oxygens (including phenoxy) is 1. The van der Waals surface area contributed by atoms with Crippen LogP contribution in [-0.4, -0.2) is 50.6 Å². The number of hydrogen-bond acceptors (Lipinski definition) is 5. The highest BCUT2D eigenvalue weighted by Gasteiger charge is 2.35. The number of carbonyl (C=O) groups is 1. The van der Waals surface area contributed by atoms with Crippen LogP contribution >= 0.6 is 11.8 Å². The number of methoxy groups -OCH3 is 1. The second-order valence-electron chi connectivity index (χ2n) is 8.03. The number of hydrogen-bond donors (Lipinski definition) is 0. The highest BCUT2D eigenvalue weighted by atomic mass is 32.2. The Morgan fingerprint density at radius 1 is 1.00 bits per heavy atom. The van der Waals surface area contributed by atoms with Crippen LogP contribution in [-0.2, 0) is 14.8 Å². The number of benzene rings is 2. The van der Waals surface area contributed by atoms with Crippen LogP contribution in [0, 0.1) is 5.92 Å². The fraction of sp³-hybridized carbons (Fsp3) is 0.435. The summed E-state index contributed by atoms with van der Waals surface area (Å²) in [6.45, 7) is 3.60. The summed E-state index contributed by atoms with van der Waals surface area (Å²) < 4.78 is 32.6. The number of nitrogens with zero attached hydrogens (tertiary/aromatic N) is 2. The summed E-state index contributed by atoms with van der Waals surface area (Å²) in [6, 6.07) is 14.5. The Labute approximate surface area is 188 Å². The van der Waals surface area contributed by atoms with E-state index in [1.165, 1.54) is 4.31 Å². The van der Waals surface area contributed by atoms with Crippen molar-refractivity contribution < 1.29 is 17.9 Å². The van der Waals surface area contributed by atoms with Gasteiger partial charge in [-0.05, 0) is 55.7 Å². The van der Waals surface area contributed by atoms with Gasteiger partial charge in [0.2, 0.25) is 15.9 Å². The Hall–Kier alpha value is -2.03. The SMILES string of the molecule is COc1ccc(S(=O)(=O)N2CCC(C(=O)N3CC[C@@H](C)Sc4ccccc43)CC2)cc1. The average Bonchev–Trinajstić information content (AvgIpc) is 2.97. The molecular weight excluding hydrogens is 432 g/mol. The normalized spacial score (nSPS) is 20.7. The lowest BCUT2D eigenvalue weighted by Crippen LogP contribution is -2.44. The molecule has 0 aromatic heterocycles. The van der Waals surface area contributed by atoms with E-state index in [-0.39, 0.29) is 16.7 Å². The number of para-hydroxylation sites is 1. The first-order chi connectivity index (χ1) is 14.9. The first-order valence-electron chi connectivity index (χ1n) is 10.6. The molecule has 0 bridgehead atoms. The van der Waals surface area contributed by atoms with E-state index in [2.05, 4.69) is 13.0 Å². The van der Waals surface area contributed by atoms with Gasteiger partial charge in [0, 0.05) is 35.7 Å². The molecule has 2 aromatic rings. The molecule has 31 heavy (non-hydrogen) atoms. The summed E-state index contributed by atoms with van der Waals surface area (Å²) in [5.74, 6) is 0.575. The van der Waals surface area contributed by atoms with Gasteiger partial charge in [-0.3, -0.25) is 4.79 Å². The molecule has 0 spiro atoms. The maximum absolute atomic E-state index is 13.4. The van der Waals surface area contributed by atoms with Crippen LogP contribution in [0.3, 0.4) is 0 Å². The van der Waals surface area contributed by atoms with Crippen molar-refractivity contribution in [1.29, 1.82) is 0 Å². The first kappa shape index (κ1) is 22.2. The molecule has 1 amide bonds. The average molecular weight is 461 g/mol. The molecule has 166 valence electrons. The standard InChI is InChI=1S/C23H28N2O4S2/c1-17-11-16-25(21-5-3-4-6-22(21)30-17)23(26)18-12-14-24(15-13-18)31(27,28)20-9-7-19(29-2)8-10-20/h3-10,17-18H,11-16H2,1-2H3/t17-/m1/s1. The maximum Gasteiger partial charge on any atom is 0.243 e. The second kappa shape index (κ2) is 9.22. The Balaban J connectivity index is 1.45. The highest BCUT2D eigenvalue weighted by molar-refractivity contribution is 8.00. The van der Waals surface area contributed by atoms with Crippen molar-refractivity contribution in [2.75, 3.05) is 31.6 Å². The van der Waals surface area contributed by atoms with Gasteiger partial charge in [0.05, 0.1) is 17.7 Å². The van der Waals surface area contributed by atoms with E-state index in [0.29, 0.717) is 43.5 Å². The van der Waals surface area contributed by atoms with Gasteiger partial charge in [0.25, 0.3) is 0 Å². The van der Waals surface area contributed by atoms with Crippen molar-refractivity contribution in [3.63, 3.8) is 0 Å². The van der Waals surface area contributed by atoms with Crippen LogP contribution in [0.4, 0.5) is 5.69 Å². The van der Waals surface area contributed by atoms with Crippen LogP contribution in [0.1, 0.15) is 26.2 Å². The van der Waals surface area contributed by atoms with Crippen molar-refractivity contribution in [2.45, 2.75) is 41.2 Å². The third-order valence-electron chi connectivity index (χ3n) is 6.01. The molecular formula is C23H28N2O4S2. The lowest BCUT2D eigenvalue weighted by Gasteiger charge is -2.33. The largest absolute Gasteiger partial charge is 0.497 e. The Bertz CT molecular complexity index is 1030. The lowest BCUT2D eigenvalue weighted by molar-refractivity contribution is -0.123. The molecule has 6 nitrogen and oxygen atoms in total.